The topological polar surface area (TPSA) is 44.0 Å². The van der Waals surface area contributed by atoms with Crippen molar-refractivity contribution in [1.82, 2.24) is 20.2 Å². The number of benzene rings is 1. The number of aromatic nitrogens is 2. The maximum absolute atomic E-state index is 14.8. The van der Waals surface area contributed by atoms with Gasteiger partial charge in [-0.3, -0.25) is 4.90 Å². The van der Waals surface area contributed by atoms with E-state index in [1.54, 1.807) is 25.2 Å². The first-order valence-corrected chi connectivity index (χ1v) is 11.4. The third-order valence-corrected chi connectivity index (χ3v) is 7.32. The third kappa shape index (κ3) is 3.62. The zero-order valence-corrected chi connectivity index (χ0v) is 18.2. The van der Waals surface area contributed by atoms with Crippen molar-refractivity contribution < 1.29 is 4.39 Å². The van der Waals surface area contributed by atoms with Crippen LogP contribution in [0.25, 0.3) is 10.9 Å². The Hall–Kier alpha value is -1.76. The molecule has 29 heavy (non-hydrogen) atoms. The van der Waals surface area contributed by atoms with Gasteiger partial charge in [-0.25, -0.2) is 9.37 Å². The Bertz CT molecular complexity index is 1010. The second-order valence-electron chi connectivity index (χ2n) is 9.29. The Labute approximate surface area is 175 Å². The van der Waals surface area contributed by atoms with E-state index >= 15 is 0 Å². The highest BCUT2D eigenvalue weighted by atomic mass is 32.1. The number of nitrogens with one attached hydrogen (secondary N) is 2. The summed E-state index contributed by atoms with van der Waals surface area (Å²) in [6, 6.07) is 8.81. The van der Waals surface area contributed by atoms with E-state index in [2.05, 4.69) is 46.4 Å². The molecule has 4 heterocycles. The van der Waals surface area contributed by atoms with Gasteiger partial charge in [-0.2, -0.15) is 0 Å². The van der Waals surface area contributed by atoms with Crippen LogP contribution in [0.5, 0.6) is 0 Å². The molecule has 3 aromatic rings. The van der Waals surface area contributed by atoms with Crippen molar-refractivity contribution in [3.05, 3.63) is 51.6 Å². The molecular formula is C23H29FN4S. The smallest absolute Gasteiger partial charge is 0.118 e. The molecule has 0 spiro atoms. The molecule has 1 aromatic carbocycles. The fraction of sp³-hybridized carbons (Fsp3) is 0.522. The van der Waals surface area contributed by atoms with Crippen molar-refractivity contribution in [1.29, 1.82) is 0 Å². The minimum atomic E-state index is -1.25. The van der Waals surface area contributed by atoms with Crippen LogP contribution in [0.4, 0.5) is 4.39 Å². The standard InChI is InChI=1S/C23H29FN4S/c1-14-8-17-16-6-4-5-7-18(16)27-21(17)22(28(14)13-23(2,3)24)19-12-26-20(29-19)9-15-10-25-11-15/h4-7,12,14-15,22,25,27H,8-11,13H2,1-3H3/t14-,22-/m1/s1. The Kier molecular flexibility index (Phi) is 4.76. The number of halogens is 1. The number of fused-ring (bicyclic) bond motifs is 3. The third-order valence-electron chi connectivity index (χ3n) is 6.25. The molecule has 0 radical (unpaired) electrons. The van der Waals surface area contributed by atoms with Gasteiger partial charge in [0.25, 0.3) is 0 Å². The summed E-state index contributed by atoms with van der Waals surface area (Å²) in [6.07, 6.45) is 4.00. The molecule has 0 aliphatic carbocycles. The minimum absolute atomic E-state index is 0.0296. The molecule has 2 N–H and O–H groups in total. The molecule has 2 aromatic heterocycles. The fourth-order valence-corrected chi connectivity index (χ4v) is 5.95. The highest BCUT2D eigenvalue weighted by Crippen LogP contribution is 2.43. The van der Waals surface area contributed by atoms with E-state index in [9.17, 15) is 4.39 Å². The summed E-state index contributed by atoms with van der Waals surface area (Å²) in [4.78, 5) is 12.0. The van der Waals surface area contributed by atoms with Crippen molar-refractivity contribution >= 4 is 22.2 Å². The number of alkyl halides is 1. The lowest BCUT2D eigenvalue weighted by molar-refractivity contribution is 0.0678. The summed E-state index contributed by atoms with van der Waals surface area (Å²) in [5, 5.41) is 5.83. The van der Waals surface area contributed by atoms with E-state index in [0.29, 0.717) is 12.5 Å². The van der Waals surface area contributed by atoms with Gasteiger partial charge in [0.2, 0.25) is 0 Å². The highest BCUT2D eigenvalue weighted by molar-refractivity contribution is 7.11. The van der Waals surface area contributed by atoms with Crippen molar-refractivity contribution in [3.8, 4) is 0 Å². The van der Waals surface area contributed by atoms with Gasteiger partial charge in [0.1, 0.15) is 5.67 Å². The quantitative estimate of drug-likeness (QED) is 0.650. The molecule has 2 aliphatic heterocycles. The second kappa shape index (κ2) is 7.18. The molecular weight excluding hydrogens is 383 g/mol. The van der Waals surface area contributed by atoms with Crippen LogP contribution in [-0.2, 0) is 12.8 Å². The zero-order valence-electron chi connectivity index (χ0n) is 17.3. The monoisotopic (exact) mass is 412 g/mol. The van der Waals surface area contributed by atoms with Gasteiger partial charge in [-0.15, -0.1) is 11.3 Å². The number of nitrogens with zero attached hydrogens (tertiary/aromatic N) is 2. The van der Waals surface area contributed by atoms with Crippen LogP contribution >= 0.6 is 11.3 Å². The highest BCUT2D eigenvalue weighted by Gasteiger charge is 2.39. The molecule has 4 nitrogen and oxygen atoms in total. The van der Waals surface area contributed by atoms with Gasteiger partial charge in [0.05, 0.1) is 11.0 Å². The maximum atomic E-state index is 14.8. The van der Waals surface area contributed by atoms with Gasteiger partial charge in [0.15, 0.2) is 0 Å². The molecule has 0 saturated carbocycles. The van der Waals surface area contributed by atoms with Gasteiger partial charge in [0, 0.05) is 46.7 Å². The number of H-pyrrole nitrogens is 1. The van der Waals surface area contributed by atoms with E-state index in [1.165, 1.54) is 32.0 Å². The summed E-state index contributed by atoms with van der Waals surface area (Å²) in [5.41, 5.74) is 2.51. The molecule has 0 bridgehead atoms. The molecule has 1 saturated heterocycles. The SMILES string of the molecule is C[C@@H]1Cc2c([nH]c3ccccc23)[C@@H](c2cnc(CC3CNC3)s2)N1CC(C)(C)F. The Balaban J connectivity index is 1.58. The predicted octanol–water partition coefficient (Wildman–Crippen LogP) is 4.47. The second-order valence-corrected chi connectivity index (χ2v) is 10.4. The van der Waals surface area contributed by atoms with E-state index in [1.807, 2.05) is 6.20 Å². The largest absolute Gasteiger partial charge is 0.357 e. The number of hydrogen-bond donors (Lipinski definition) is 2. The van der Waals surface area contributed by atoms with Gasteiger partial charge >= 0.3 is 0 Å². The summed E-state index contributed by atoms with van der Waals surface area (Å²) in [5.74, 6) is 0.698. The summed E-state index contributed by atoms with van der Waals surface area (Å²) >= 11 is 1.80. The first kappa shape index (κ1) is 19.2. The number of para-hydroxylation sites is 1. The molecule has 0 unspecified atom stereocenters. The zero-order chi connectivity index (χ0) is 20.2. The summed E-state index contributed by atoms with van der Waals surface area (Å²) in [7, 11) is 0. The first-order valence-electron chi connectivity index (χ1n) is 10.6. The Morgan fingerprint density at radius 3 is 2.79 bits per heavy atom. The average Bonchev–Trinajstić information content (AvgIpc) is 3.22. The molecule has 0 amide bonds. The van der Waals surface area contributed by atoms with E-state index in [-0.39, 0.29) is 12.1 Å². The van der Waals surface area contributed by atoms with Crippen molar-refractivity contribution in [2.45, 2.75) is 51.4 Å². The lowest BCUT2D eigenvalue weighted by Crippen LogP contribution is -2.47. The number of rotatable bonds is 5. The van der Waals surface area contributed by atoms with Crippen LogP contribution in [-0.4, -0.2) is 46.2 Å². The van der Waals surface area contributed by atoms with E-state index in [4.69, 9.17) is 4.98 Å². The lowest BCUT2D eigenvalue weighted by atomic mass is 9.90. The lowest BCUT2D eigenvalue weighted by Gasteiger charge is -2.42. The van der Waals surface area contributed by atoms with E-state index < -0.39 is 5.67 Å². The number of hydrogen-bond acceptors (Lipinski definition) is 4. The normalized spacial score (nSPS) is 23.3. The number of aromatic amines is 1. The van der Waals surface area contributed by atoms with Crippen molar-refractivity contribution in [2.24, 2.45) is 5.92 Å². The van der Waals surface area contributed by atoms with Crippen molar-refractivity contribution in [2.75, 3.05) is 19.6 Å². The number of thiazole rings is 1. The average molecular weight is 413 g/mol. The maximum Gasteiger partial charge on any atom is 0.118 e. The molecule has 1 fully saturated rings. The van der Waals surface area contributed by atoms with Crippen LogP contribution < -0.4 is 5.32 Å². The predicted molar refractivity (Wildman–Crippen MR) is 117 cm³/mol. The summed E-state index contributed by atoms with van der Waals surface area (Å²) < 4.78 is 14.8. The van der Waals surface area contributed by atoms with Gasteiger partial charge in [-0.1, -0.05) is 18.2 Å². The molecule has 2 aliphatic rings. The van der Waals surface area contributed by atoms with Crippen LogP contribution in [0.3, 0.4) is 0 Å². The Morgan fingerprint density at radius 2 is 2.07 bits per heavy atom. The molecule has 154 valence electrons. The Morgan fingerprint density at radius 1 is 1.28 bits per heavy atom. The summed E-state index contributed by atoms with van der Waals surface area (Å²) in [6.45, 7) is 8.17. The molecule has 6 heteroatoms. The minimum Gasteiger partial charge on any atom is -0.357 e. The van der Waals surface area contributed by atoms with Crippen LogP contribution in [0.1, 0.15) is 48.0 Å². The van der Waals surface area contributed by atoms with Gasteiger partial charge in [-0.05, 0) is 57.8 Å². The van der Waals surface area contributed by atoms with E-state index in [0.717, 1.165) is 25.9 Å². The fourth-order valence-electron chi connectivity index (χ4n) is 4.78. The van der Waals surface area contributed by atoms with Crippen molar-refractivity contribution in [3.63, 3.8) is 0 Å². The molecule has 2 atom stereocenters. The molecule has 5 rings (SSSR count). The van der Waals surface area contributed by atoms with Gasteiger partial charge < -0.3 is 10.3 Å². The van der Waals surface area contributed by atoms with Crippen LogP contribution in [0.2, 0.25) is 0 Å². The van der Waals surface area contributed by atoms with Crippen LogP contribution in [0.15, 0.2) is 30.5 Å². The van der Waals surface area contributed by atoms with Crippen LogP contribution in [0, 0.1) is 5.92 Å². The first-order chi connectivity index (χ1) is 13.9.